The van der Waals surface area contributed by atoms with E-state index < -0.39 is 23.5 Å². The molecule has 0 heterocycles. The average Bonchev–Trinajstić information content (AvgIpc) is 2.38. The molecule has 2 nitrogen and oxygen atoms in total. The SMILES string of the molecule is NNC(c1cccc(F)c1F)c1c(F)cccc1Br. The van der Waals surface area contributed by atoms with Gasteiger partial charge in [-0.1, -0.05) is 34.1 Å². The van der Waals surface area contributed by atoms with Crippen LogP contribution in [0.2, 0.25) is 0 Å². The fourth-order valence-electron chi connectivity index (χ4n) is 1.86. The molecule has 3 N–H and O–H groups in total. The third-order valence-corrected chi connectivity index (χ3v) is 3.44. The van der Waals surface area contributed by atoms with Gasteiger partial charge in [-0.25, -0.2) is 18.6 Å². The second-order valence-corrected chi connectivity index (χ2v) is 4.73. The van der Waals surface area contributed by atoms with Crippen molar-refractivity contribution in [2.24, 2.45) is 5.84 Å². The van der Waals surface area contributed by atoms with E-state index in [1.54, 1.807) is 6.07 Å². The van der Waals surface area contributed by atoms with Crippen molar-refractivity contribution in [3.05, 3.63) is 69.4 Å². The summed E-state index contributed by atoms with van der Waals surface area (Å²) in [4.78, 5) is 0. The minimum atomic E-state index is -1.05. The van der Waals surface area contributed by atoms with E-state index in [0.29, 0.717) is 4.47 Å². The molecule has 0 saturated heterocycles. The van der Waals surface area contributed by atoms with Gasteiger partial charge in [0, 0.05) is 15.6 Å². The molecule has 1 unspecified atom stereocenters. The number of hydrogen-bond donors (Lipinski definition) is 2. The zero-order valence-corrected chi connectivity index (χ0v) is 11.2. The third kappa shape index (κ3) is 2.65. The van der Waals surface area contributed by atoms with Crippen molar-refractivity contribution < 1.29 is 13.2 Å². The highest BCUT2D eigenvalue weighted by Crippen LogP contribution is 2.32. The molecule has 0 spiro atoms. The zero-order valence-electron chi connectivity index (χ0n) is 9.63. The van der Waals surface area contributed by atoms with Crippen molar-refractivity contribution >= 4 is 15.9 Å². The van der Waals surface area contributed by atoms with Gasteiger partial charge < -0.3 is 0 Å². The normalized spacial score (nSPS) is 12.5. The van der Waals surface area contributed by atoms with Crippen LogP contribution >= 0.6 is 15.9 Å². The minimum absolute atomic E-state index is 0.0618. The molecular formula is C13H10BrF3N2. The molecule has 0 bridgehead atoms. The second-order valence-electron chi connectivity index (χ2n) is 3.88. The Morgan fingerprint density at radius 1 is 1.00 bits per heavy atom. The lowest BCUT2D eigenvalue weighted by atomic mass is 9.98. The van der Waals surface area contributed by atoms with Gasteiger partial charge in [0.1, 0.15) is 5.82 Å². The summed E-state index contributed by atoms with van der Waals surface area (Å²) in [6, 6.07) is 7.00. The summed E-state index contributed by atoms with van der Waals surface area (Å²) in [6.45, 7) is 0. The number of hydrogen-bond acceptors (Lipinski definition) is 2. The maximum absolute atomic E-state index is 13.9. The smallest absolute Gasteiger partial charge is 0.163 e. The number of hydrazine groups is 1. The van der Waals surface area contributed by atoms with Gasteiger partial charge in [0.2, 0.25) is 0 Å². The van der Waals surface area contributed by atoms with Gasteiger partial charge in [-0.3, -0.25) is 5.84 Å². The largest absolute Gasteiger partial charge is 0.271 e. The molecule has 2 rings (SSSR count). The molecule has 6 heteroatoms. The van der Waals surface area contributed by atoms with E-state index in [9.17, 15) is 13.2 Å². The third-order valence-electron chi connectivity index (χ3n) is 2.75. The predicted octanol–water partition coefficient (Wildman–Crippen LogP) is 3.42. The fraction of sp³-hybridized carbons (Fsp3) is 0.0769. The summed E-state index contributed by atoms with van der Waals surface area (Å²) in [6.07, 6.45) is 0. The van der Waals surface area contributed by atoms with E-state index in [-0.39, 0.29) is 11.1 Å². The van der Waals surface area contributed by atoms with Crippen molar-refractivity contribution in [3.63, 3.8) is 0 Å². The van der Waals surface area contributed by atoms with Crippen LogP contribution in [-0.4, -0.2) is 0 Å². The Balaban J connectivity index is 2.60. The summed E-state index contributed by atoms with van der Waals surface area (Å²) >= 11 is 3.18. The highest BCUT2D eigenvalue weighted by molar-refractivity contribution is 9.10. The Labute approximate surface area is 116 Å². The number of nitrogens with one attached hydrogen (secondary N) is 1. The fourth-order valence-corrected chi connectivity index (χ4v) is 2.43. The number of benzene rings is 2. The van der Waals surface area contributed by atoms with Gasteiger partial charge in [-0.2, -0.15) is 0 Å². The van der Waals surface area contributed by atoms with Gasteiger partial charge in [-0.05, 0) is 18.2 Å². The number of rotatable bonds is 3. The van der Waals surface area contributed by atoms with Gasteiger partial charge in [-0.15, -0.1) is 0 Å². The van der Waals surface area contributed by atoms with Crippen LogP contribution in [0.15, 0.2) is 40.9 Å². The first kappa shape index (κ1) is 14.0. The summed E-state index contributed by atoms with van der Waals surface area (Å²) in [7, 11) is 0. The lowest BCUT2D eigenvalue weighted by molar-refractivity contribution is 0.476. The van der Waals surface area contributed by atoms with Crippen LogP contribution < -0.4 is 11.3 Å². The molecule has 0 amide bonds. The highest BCUT2D eigenvalue weighted by Gasteiger charge is 2.23. The van der Waals surface area contributed by atoms with Gasteiger partial charge in [0.15, 0.2) is 11.6 Å². The molecule has 0 fully saturated rings. The van der Waals surface area contributed by atoms with Crippen molar-refractivity contribution in [1.82, 2.24) is 5.43 Å². The van der Waals surface area contributed by atoms with Crippen molar-refractivity contribution in [3.8, 4) is 0 Å². The van der Waals surface area contributed by atoms with Crippen LogP contribution in [-0.2, 0) is 0 Å². The van der Waals surface area contributed by atoms with Crippen molar-refractivity contribution in [2.45, 2.75) is 6.04 Å². The Hall–Kier alpha value is -1.37. The van der Waals surface area contributed by atoms with Crippen LogP contribution in [0.25, 0.3) is 0 Å². The summed E-state index contributed by atoms with van der Waals surface area (Å²) in [5.41, 5.74) is 2.37. The lowest BCUT2D eigenvalue weighted by Crippen LogP contribution is -2.30. The van der Waals surface area contributed by atoms with E-state index in [4.69, 9.17) is 5.84 Å². The molecule has 0 saturated carbocycles. The molecule has 0 aliphatic rings. The maximum atomic E-state index is 13.9. The van der Waals surface area contributed by atoms with Crippen LogP contribution in [0.3, 0.4) is 0 Å². The van der Waals surface area contributed by atoms with Gasteiger partial charge in [0.05, 0.1) is 6.04 Å². The van der Waals surface area contributed by atoms with Crippen LogP contribution in [0.4, 0.5) is 13.2 Å². The molecule has 1 atom stereocenters. The molecule has 0 radical (unpaired) electrons. The Morgan fingerprint density at radius 3 is 2.26 bits per heavy atom. The van der Waals surface area contributed by atoms with Crippen LogP contribution in [0.5, 0.6) is 0 Å². The Kier molecular flexibility index (Phi) is 4.24. The van der Waals surface area contributed by atoms with E-state index in [0.717, 1.165) is 6.07 Å². The molecule has 0 aliphatic carbocycles. The monoisotopic (exact) mass is 330 g/mol. The Morgan fingerprint density at radius 2 is 1.63 bits per heavy atom. The summed E-state index contributed by atoms with van der Waals surface area (Å²) in [5, 5.41) is 0. The summed E-state index contributed by atoms with van der Waals surface area (Å²) < 4.78 is 41.3. The lowest BCUT2D eigenvalue weighted by Gasteiger charge is -2.19. The van der Waals surface area contributed by atoms with Crippen molar-refractivity contribution in [2.75, 3.05) is 0 Å². The predicted molar refractivity (Wildman–Crippen MR) is 69.6 cm³/mol. The average molecular weight is 331 g/mol. The number of nitrogens with two attached hydrogens (primary N) is 1. The molecule has 0 aromatic heterocycles. The van der Waals surface area contributed by atoms with Crippen LogP contribution in [0, 0.1) is 17.5 Å². The minimum Gasteiger partial charge on any atom is -0.271 e. The maximum Gasteiger partial charge on any atom is 0.163 e. The topological polar surface area (TPSA) is 38.0 Å². The molecule has 100 valence electrons. The second kappa shape index (κ2) is 5.73. The quantitative estimate of drug-likeness (QED) is 0.668. The molecule has 2 aromatic carbocycles. The highest BCUT2D eigenvalue weighted by atomic mass is 79.9. The van der Waals surface area contributed by atoms with Crippen molar-refractivity contribution in [1.29, 1.82) is 0 Å². The van der Waals surface area contributed by atoms with E-state index in [1.165, 1.54) is 24.3 Å². The molecule has 2 aromatic rings. The molecule has 0 aliphatic heterocycles. The van der Waals surface area contributed by atoms with Gasteiger partial charge >= 0.3 is 0 Å². The zero-order chi connectivity index (χ0) is 14.0. The first-order chi connectivity index (χ1) is 9.06. The first-order valence-corrected chi connectivity index (χ1v) is 6.19. The Bertz CT molecular complexity index is 584. The van der Waals surface area contributed by atoms with E-state index >= 15 is 0 Å². The standard InChI is InChI=1S/C13H10BrF3N2/c14-8-4-2-5-9(15)11(8)13(19-18)7-3-1-6-10(16)12(7)17/h1-6,13,19H,18H2. The summed E-state index contributed by atoms with van der Waals surface area (Å²) in [5.74, 6) is 2.73. The molecular weight excluding hydrogens is 321 g/mol. The van der Waals surface area contributed by atoms with Gasteiger partial charge in [0.25, 0.3) is 0 Å². The van der Waals surface area contributed by atoms with Crippen LogP contribution in [0.1, 0.15) is 17.2 Å². The van der Waals surface area contributed by atoms with E-state index in [2.05, 4.69) is 21.4 Å². The first-order valence-electron chi connectivity index (χ1n) is 5.40. The number of halogens is 4. The molecule has 19 heavy (non-hydrogen) atoms. The van der Waals surface area contributed by atoms with E-state index in [1.807, 2.05) is 0 Å².